The first-order valence-corrected chi connectivity index (χ1v) is 2.94. The summed E-state index contributed by atoms with van der Waals surface area (Å²) in [4.78, 5) is 0. The van der Waals surface area contributed by atoms with Crippen molar-refractivity contribution in [1.82, 2.24) is 0 Å². The molecule has 0 fully saturated rings. The van der Waals surface area contributed by atoms with Gasteiger partial charge in [-0.1, -0.05) is 13.8 Å². The van der Waals surface area contributed by atoms with Gasteiger partial charge in [-0.3, -0.25) is 5.01 Å². The first-order chi connectivity index (χ1) is 4.43. The van der Waals surface area contributed by atoms with Crippen LogP contribution in [-0.4, -0.2) is 6.21 Å². The van der Waals surface area contributed by atoms with Crippen molar-refractivity contribution < 1.29 is 360 Å². The molecule has 0 aromatic rings. The summed E-state index contributed by atoms with van der Waals surface area (Å²) >= 11 is 0. The third kappa shape index (κ3) is 35.3. The van der Waals surface area contributed by atoms with Gasteiger partial charge in [0.15, 0.2) is 0 Å². The molecule has 9 heteroatoms. The Morgan fingerprint density at radius 2 is 1.44 bits per heavy atom. The van der Waals surface area contributed by atoms with Crippen molar-refractivity contribution in [1.29, 1.82) is 0 Å². The number of hydrogen-bond acceptors (Lipinski definition) is 1. The zero-order valence-electron chi connectivity index (χ0n) is 13.6. The SMILES string of the molecule is CC.F[CH-][NH+]1C=CC=N1.[CH3-].[H-].[Rb+].[Rb+].[Rb+].[Rb+].[Rb+].[Rb+]. The first-order valence-electron chi connectivity index (χ1n) is 2.94. The van der Waals surface area contributed by atoms with Crippen molar-refractivity contribution >= 4 is 6.21 Å². The van der Waals surface area contributed by atoms with E-state index in [0.29, 0.717) is 11.8 Å². The van der Waals surface area contributed by atoms with E-state index in [4.69, 9.17) is 0 Å². The molecule has 62 valence electrons. The minimum absolute atomic E-state index is 0. The normalized spacial score (nSPS) is 12.1. The quantitative estimate of drug-likeness (QED) is 0.213. The molecule has 0 aliphatic carbocycles. The molecule has 1 unspecified atom stereocenters. The second kappa shape index (κ2) is 44.5. The molecule has 1 aliphatic heterocycles. The molecule has 0 saturated carbocycles. The molecule has 16 heavy (non-hydrogen) atoms. The Morgan fingerprint density at radius 1 is 1.06 bits per heavy atom. The van der Waals surface area contributed by atoms with Crippen LogP contribution in [-0.2, 0) is 0 Å². The van der Waals surface area contributed by atoms with Crippen LogP contribution in [0.1, 0.15) is 15.3 Å². The fourth-order valence-electron chi connectivity index (χ4n) is 0.378. The van der Waals surface area contributed by atoms with Crippen LogP contribution in [0.15, 0.2) is 17.4 Å². The third-order valence-electron chi connectivity index (χ3n) is 0.688. The fraction of sp³-hybridized carbons (Fsp3) is 0.286. The molecular formula is C7H15FN2Rb6+4. The van der Waals surface area contributed by atoms with Gasteiger partial charge in [0.2, 0.25) is 0 Å². The van der Waals surface area contributed by atoms with Crippen molar-refractivity contribution in [3.63, 3.8) is 0 Å². The summed E-state index contributed by atoms with van der Waals surface area (Å²) < 4.78 is 11.4. The van der Waals surface area contributed by atoms with Crippen LogP contribution in [0.25, 0.3) is 0 Å². The van der Waals surface area contributed by atoms with Gasteiger partial charge < -0.3 is 13.2 Å². The molecule has 0 aromatic carbocycles. The largest absolute Gasteiger partial charge is 1.00 e. The van der Waals surface area contributed by atoms with Crippen molar-refractivity contribution in [3.8, 4) is 0 Å². The van der Waals surface area contributed by atoms with E-state index in [1.807, 2.05) is 13.8 Å². The molecule has 0 bridgehead atoms. The summed E-state index contributed by atoms with van der Waals surface area (Å²) in [5.74, 6) is 0. The molecule has 1 atom stereocenters. The van der Waals surface area contributed by atoms with Crippen LogP contribution < -0.4 is 354 Å². The molecule has 0 saturated heterocycles. The molecule has 2 nitrogen and oxygen atoms in total. The average Bonchev–Trinajstić information content (AvgIpc) is 2.43. The topological polar surface area (TPSA) is 16.8 Å². The van der Waals surface area contributed by atoms with Crippen LogP contribution in [0.2, 0.25) is 0 Å². The molecule has 0 radical (unpaired) electrons. The average molecular weight is 659 g/mol. The molecule has 1 rings (SSSR count). The molecule has 1 aliphatic rings. The number of halogens is 1. The fourth-order valence-corrected chi connectivity index (χ4v) is 0.378. The minimum Gasteiger partial charge on any atom is -1.00 e. The standard InChI is InChI=1S/C4H5FN2.C2H6.CH3.6Rb.H/c5-4-7-3-1-2-6-7;1-2;;;;;;;;/h1-4,7H;1-2H3;1H3;;;;;;;/q;;-1;6*+1;-1. The van der Waals surface area contributed by atoms with E-state index in [1.54, 1.807) is 18.5 Å². The van der Waals surface area contributed by atoms with E-state index in [2.05, 4.69) is 5.10 Å². The maximum absolute atomic E-state index is 11.4. The van der Waals surface area contributed by atoms with Gasteiger partial charge in [-0.05, 0) is 0 Å². The van der Waals surface area contributed by atoms with E-state index >= 15 is 0 Å². The molecule has 1 heterocycles. The molecular weight excluding hydrogens is 644 g/mol. The Balaban J connectivity index is -0.00000000876. The Morgan fingerprint density at radius 3 is 1.56 bits per heavy atom. The van der Waals surface area contributed by atoms with Gasteiger partial charge in [0.25, 0.3) is 0 Å². The van der Waals surface area contributed by atoms with Crippen LogP contribution in [0.3, 0.4) is 0 Å². The zero-order chi connectivity index (χ0) is 7.11. The van der Waals surface area contributed by atoms with E-state index < -0.39 is 0 Å². The van der Waals surface area contributed by atoms with Crippen molar-refractivity contribution in [3.05, 3.63) is 26.5 Å². The molecule has 0 spiro atoms. The number of rotatable bonds is 1. The predicted octanol–water partition coefficient (Wildman–Crippen LogP) is -16.9. The van der Waals surface area contributed by atoms with E-state index in [1.165, 1.54) is 0 Å². The van der Waals surface area contributed by atoms with Gasteiger partial charge in [0, 0.05) is 6.08 Å². The summed E-state index contributed by atoms with van der Waals surface area (Å²) in [5.41, 5.74) is 0. The predicted molar refractivity (Wildman–Crippen MR) is 42.9 cm³/mol. The van der Waals surface area contributed by atoms with Gasteiger partial charge in [-0.15, -0.1) is 5.10 Å². The van der Waals surface area contributed by atoms with E-state index in [-0.39, 0.29) is 358 Å². The summed E-state index contributed by atoms with van der Waals surface area (Å²) in [5, 5.41) is 3.99. The van der Waals surface area contributed by atoms with Crippen molar-refractivity contribution in [2.45, 2.75) is 13.8 Å². The van der Waals surface area contributed by atoms with Gasteiger partial charge >= 0.3 is 349 Å². The van der Waals surface area contributed by atoms with Crippen LogP contribution >= 0.6 is 0 Å². The second-order valence-corrected chi connectivity index (χ2v) is 1.17. The number of quaternary nitrogens is 1. The maximum Gasteiger partial charge on any atom is 1.00 e. The molecule has 1 N–H and O–H groups in total. The summed E-state index contributed by atoms with van der Waals surface area (Å²) in [6.45, 7) is 4.47. The van der Waals surface area contributed by atoms with Gasteiger partial charge in [-0.25, -0.2) is 0 Å². The molecule has 0 amide bonds. The number of nitrogens with one attached hydrogen (secondary N) is 1. The second-order valence-electron chi connectivity index (χ2n) is 1.17. The van der Waals surface area contributed by atoms with E-state index in [0.717, 1.165) is 0 Å². The number of allylic oxidation sites excluding steroid dienone is 1. The Hall–Kier alpha value is 10.1. The third-order valence-corrected chi connectivity index (χ3v) is 0.688. The maximum atomic E-state index is 11.4. The summed E-state index contributed by atoms with van der Waals surface area (Å²) in [6.07, 6.45) is 4.83. The van der Waals surface area contributed by atoms with Crippen LogP contribution in [0.5, 0.6) is 0 Å². The van der Waals surface area contributed by atoms with Gasteiger partial charge in [-0.2, -0.15) is 0 Å². The minimum atomic E-state index is 0. The van der Waals surface area contributed by atoms with E-state index in [9.17, 15) is 4.39 Å². The first kappa shape index (κ1) is 50.2. The zero-order valence-corrected chi connectivity index (χ0v) is 42.1. The smallest absolute Gasteiger partial charge is 1.00 e. The Kier molecular flexibility index (Phi) is 140. The number of hydrogen-bond donors (Lipinski definition) is 1. The van der Waals surface area contributed by atoms with Gasteiger partial charge in [0.05, 0.1) is 19.2 Å². The number of nitrogens with zero attached hydrogens (tertiary/aromatic N) is 1. The monoisotopic (exact) mass is 656 g/mol. The van der Waals surface area contributed by atoms with Crippen molar-refractivity contribution in [2.24, 2.45) is 5.10 Å². The van der Waals surface area contributed by atoms with Crippen LogP contribution in [0, 0.1) is 14.2 Å². The Bertz CT molecular complexity index is 119. The van der Waals surface area contributed by atoms with Crippen LogP contribution in [0.4, 0.5) is 4.39 Å². The van der Waals surface area contributed by atoms with Crippen molar-refractivity contribution in [2.75, 3.05) is 0 Å². The van der Waals surface area contributed by atoms with Gasteiger partial charge in [0.1, 0.15) is 0 Å². The molecule has 0 aromatic heterocycles. The summed E-state index contributed by atoms with van der Waals surface area (Å²) in [6, 6.07) is 0. The summed E-state index contributed by atoms with van der Waals surface area (Å²) in [7, 11) is 0. The Labute approximate surface area is 395 Å².